The van der Waals surface area contributed by atoms with Crippen LogP contribution < -0.4 is 5.32 Å². The van der Waals surface area contributed by atoms with E-state index in [1.807, 2.05) is 13.8 Å². The van der Waals surface area contributed by atoms with Gasteiger partial charge in [-0.2, -0.15) is 0 Å². The number of esters is 1. The summed E-state index contributed by atoms with van der Waals surface area (Å²) in [6.07, 6.45) is 3.29. The number of nitrogens with one attached hydrogen (secondary N) is 1. The van der Waals surface area contributed by atoms with Crippen LogP contribution in [0.15, 0.2) is 12.4 Å². The Morgan fingerprint density at radius 3 is 2.81 bits per heavy atom. The van der Waals surface area contributed by atoms with Crippen LogP contribution in [0.2, 0.25) is 0 Å². The molecule has 0 aromatic carbocycles. The summed E-state index contributed by atoms with van der Waals surface area (Å²) < 4.78 is 4.82. The van der Waals surface area contributed by atoms with E-state index in [1.165, 1.54) is 0 Å². The largest absolute Gasteiger partial charge is 0.465 e. The topological polar surface area (TPSA) is 64.1 Å². The van der Waals surface area contributed by atoms with Crippen LogP contribution in [-0.2, 0) is 9.53 Å². The van der Waals surface area contributed by atoms with Gasteiger partial charge in [0.25, 0.3) is 0 Å². The molecule has 16 heavy (non-hydrogen) atoms. The predicted octanol–water partition coefficient (Wildman–Crippen LogP) is 0.999. The highest BCUT2D eigenvalue weighted by Gasteiger charge is 2.11. The highest BCUT2D eigenvalue weighted by Crippen LogP contribution is 2.10. The lowest BCUT2D eigenvalue weighted by atomic mass is 10.2. The fourth-order valence-corrected chi connectivity index (χ4v) is 1.39. The van der Waals surface area contributed by atoms with Gasteiger partial charge in [0.15, 0.2) is 0 Å². The van der Waals surface area contributed by atoms with Crippen molar-refractivity contribution < 1.29 is 9.53 Å². The Hall–Kier alpha value is -1.49. The van der Waals surface area contributed by atoms with Crippen LogP contribution in [0, 0.1) is 6.92 Å². The maximum Gasteiger partial charge on any atom is 0.319 e. The molecule has 0 aliphatic rings. The van der Waals surface area contributed by atoms with Crippen molar-refractivity contribution in [2.75, 3.05) is 13.2 Å². The fourth-order valence-electron chi connectivity index (χ4n) is 1.39. The minimum Gasteiger partial charge on any atom is -0.465 e. The fraction of sp³-hybridized carbons (Fsp3) is 0.545. The number of aromatic nitrogens is 2. The molecule has 5 nitrogen and oxygen atoms in total. The van der Waals surface area contributed by atoms with Gasteiger partial charge in [-0.3, -0.25) is 20.1 Å². The van der Waals surface area contributed by atoms with E-state index in [4.69, 9.17) is 4.74 Å². The summed E-state index contributed by atoms with van der Waals surface area (Å²) in [7, 11) is 0. The molecule has 0 amide bonds. The lowest BCUT2D eigenvalue weighted by Crippen LogP contribution is -2.28. The molecule has 1 unspecified atom stereocenters. The molecule has 0 fully saturated rings. The van der Waals surface area contributed by atoms with Gasteiger partial charge in [0.1, 0.15) is 0 Å². The maximum atomic E-state index is 11.1. The molecule has 0 radical (unpaired) electrons. The monoisotopic (exact) mass is 223 g/mol. The molecule has 1 aromatic heterocycles. The number of hydrogen-bond acceptors (Lipinski definition) is 5. The van der Waals surface area contributed by atoms with Crippen molar-refractivity contribution in [3.05, 3.63) is 23.8 Å². The molecule has 1 rings (SSSR count). The van der Waals surface area contributed by atoms with Gasteiger partial charge in [0.05, 0.1) is 24.5 Å². The highest BCUT2D eigenvalue weighted by molar-refractivity contribution is 5.71. The minimum atomic E-state index is -0.254. The molecular weight excluding hydrogens is 206 g/mol. The number of nitrogens with zero attached hydrogens (tertiary/aromatic N) is 2. The van der Waals surface area contributed by atoms with Gasteiger partial charge in [-0.1, -0.05) is 0 Å². The van der Waals surface area contributed by atoms with E-state index in [2.05, 4.69) is 15.3 Å². The van der Waals surface area contributed by atoms with Crippen molar-refractivity contribution in [2.45, 2.75) is 26.8 Å². The van der Waals surface area contributed by atoms with Crippen molar-refractivity contribution in [1.82, 2.24) is 15.3 Å². The van der Waals surface area contributed by atoms with Crippen LogP contribution in [-0.4, -0.2) is 29.1 Å². The van der Waals surface area contributed by atoms with Gasteiger partial charge in [0.2, 0.25) is 0 Å². The second-order valence-electron chi connectivity index (χ2n) is 3.43. The molecular formula is C11H17N3O2. The first kappa shape index (κ1) is 12.6. The van der Waals surface area contributed by atoms with E-state index < -0.39 is 0 Å². The van der Waals surface area contributed by atoms with Crippen molar-refractivity contribution in [2.24, 2.45) is 0 Å². The second kappa shape index (κ2) is 6.17. The van der Waals surface area contributed by atoms with Gasteiger partial charge < -0.3 is 4.74 Å². The van der Waals surface area contributed by atoms with Crippen LogP contribution in [0.4, 0.5) is 0 Å². The molecule has 1 N–H and O–H groups in total. The van der Waals surface area contributed by atoms with Crippen molar-refractivity contribution in [3.8, 4) is 0 Å². The number of ether oxygens (including phenoxy) is 1. The first-order valence-electron chi connectivity index (χ1n) is 5.31. The summed E-state index contributed by atoms with van der Waals surface area (Å²) in [6.45, 7) is 6.21. The Labute approximate surface area is 95.3 Å². The molecule has 1 aromatic rings. The Balaban J connectivity index is 2.50. The molecule has 0 aliphatic carbocycles. The summed E-state index contributed by atoms with van der Waals surface area (Å²) >= 11 is 0. The zero-order valence-electron chi connectivity index (χ0n) is 9.86. The van der Waals surface area contributed by atoms with E-state index in [1.54, 1.807) is 19.3 Å². The number of carbonyl (C=O) groups excluding carboxylic acids is 1. The van der Waals surface area contributed by atoms with E-state index in [-0.39, 0.29) is 18.6 Å². The van der Waals surface area contributed by atoms with Crippen LogP contribution in [0.1, 0.15) is 31.3 Å². The van der Waals surface area contributed by atoms with Crippen molar-refractivity contribution >= 4 is 5.97 Å². The number of hydrogen-bond donors (Lipinski definition) is 1. The molecule has 0 spiro atoms. The average Bonchev–Trinajstić information content (AvgIpc) is 2.27. The Bertz CT molecular complexity index is 355. The molecule has 0 saturated carbocycles. The molecule has 0 saturated heterocycles. The molecule has 5 heteroatoms. The van der Waals surface area contributed by atoms with Crippen LogP contribution in [0.3, 0.4) is 0 Å². The Morgan fingerprint density at radius 1 is 1.50 bits per heavy atom. The van der Waals surface area contributed by atoms with E-state index >= 15 is 0 Å². The molecule has 1 atom stereocenters. The Morgan fingerprint density at radius 2 is 2.19 bits per heavy atom. The van der Waals surface area contributed by atoms with Gasteiger partial charge >= 0.3 is 5.97 Å². The molecule has 0 aliphatic heterocycles. The highest BCUT2D eigenvalue weighted by atomic mass is 16.5. The molecule has 0 bridgehead atoms. The summed E-state index contributed by atoms with van der Waals surface area (Å²) in [5.41, 5.74) is 1.72. The third-order valence-corrected chi connectivity index (χ3v) is 2.19. The van der Waals surface area contributed by atoms with E-state index in [9.17, 15) is 4.79 Å². The average molecular weight is 223 g/mol. The number of carbonyl (C=O) groups is 1. The van der Waals surface area contributed by atoms with Crippen molar-refractivity contribution in [1.29, 1.82) is 0 Å². The zero-order chi connectivity index (χ0) is 12.0. The molecule has 1 heterocycles. The van der Waals surface area contributed by atoms with Gasteiger partial charge in [-0.05, 0) is 20.8 Å². The smallest absolute Gasteiger partial charge is 0.319 e. The summed E-state index contributed by atoms with van der Waals surface area (Å²) in [5.74, 6) is -0.254. The third-order valence-electron chi connectivity index (χ3n) is 2.19. The zero-order valence-corrected chi connectivity index (χ0v) is 9.86. The predicted molar refractivity (Wildman–Crippen MR) is 59.8 cm³/mol. The van der Waals surface area contributed by atoms with Crippen molar-refractivity contribution in [3.63, 3.8) is 0 Å². The summed E-state index contributed by atoms with van der Waals surface area (Å²) in [5, 5.41) is 3.05. The summed E-state index contributed by atoms with van der Waals surface area (Å²) in [4.78, 5) is 19.5. The SMILES string of the molecule is CCOC(=O)CNC(C)c1nccnc1C. The minimum absolute atomic E-state index is 0.0156. The van der Waals surface area contributed by atoms with Gasteiger partial charge in [0, 0.05) is 18.4 Å². The van der Waals surface area contributed by atoms with Gasteiger partial charge in [-0.15, -0.1) is 0 Å². The Kier molecular flexibility index (Phi) is 4.85. The maximum absolute atomic E-state index is 11.1. The first-order chi connectivity index (χ1) is 7.65. The third kappa shape index (κ3) is 3.58. The van der Waals surface area contributed by atoms with E-state index in [0.717, 1.165) is 11.4 Å². The first-order valence-corrected chi connectivity index (χ1v) is 5.31. The lowest BCUT2D eigenvalue weighted by molar-refractivity contribution is -0.142. The standard InChI is InChI=1S/C11H17N3O2/c1-4-16-10(15)7-14-9(3)11-8(2)12-5-6-13-11/h5-6,9,14H,4,7H2,1-3H3. The summed E-state index contributed by atoms with van der Waals surface area (Å²) in [6, 6.07) is -0.0156. The number of rotatable bonds is 5. The molecule has 88 valence electrons. The lowest BCUT2D eigenvalue weighted by Gasteiger charge is -2.13. The van der Waals surface area contributed by atoms with Gasteiger partial charge in [-0.25, -0.2) is 0 Å². The quantitative estimate of drug-likeness (QED) is 0.754. The normalized spacial score (nSPS) is 12.2. The number of aryl methyl sites for hydroxylation is 1. The van der Waals surface area contributed by atoms with Crippen LogP contribution in [0.5, 0.6) is 0 Å². The van der Waals surface area contributed by atoms with Crippen LogP contribution >= 0.6 is 0 Å². The van der Waals surface area contributed by atoms with E-state index in [0.29, 0.717) is 6.61 Å². The van der Waals surface area contributed by atoms with Crippen LogP contribution in [0.25, 0.3) is 0 Å². The second-order valence-corrected chi connectivity index (χ2v) is 3.43.